The number of hydrogen-bond donors (Lipinski definition) is 0. The quantitative estimate of drug-likeness (QED) is 0.419. The van der Waals surface area contributed by atoms with Crippen LogP contribution in [0.5, 0.6) is 0 Å². The van der Waals surface area contributed by atoms with Crippen molar-refractivity contribution in [2.75, 3.05) is 6.26 Å². The van der Waals surface area contributed by atoms with Gasteiger partial charge in [0, 0.05) is 22.3 Å². The largest absolute Gasteiger partial charge is 0.360 e. The highest BCUT2D eigenvalue weighted by Crippen LogP contribution is 2.42. The highest BCUT2D eigenvalue weighted by Gasteiger charge is 2.33. The summed E-state index contributed by atoms with van der Waals surface area (Å²) >= 11 is 1.74. The first kappa shape index (κ1) is 17.1. The van der Waals surface area contributed by atoms with Gasteiger partial charge in [0.05, 0.1) is 11.8 Å². The van der Waals surface area contributed by atoms with Gasteiger partial charge in [0.15, 0.2) is 11.5 Å². The fourth-order valence-electron chi connectivity index (χ4n) is 3.48. The Morgan fingerprint density at radius 3 is 2.50 bits per heavy atom. The standard InChI is InChI=1S/C22H21NO2S/c1-14(17-8-5-6-10-20(17)26-2)16-7-3-4-9-18(16)21(24)19-13-23-25-22(19)15-11-12-15/h3-10,13-15H,11-12H2,1-2H3. The molecule has 0 saturated heterocycles. The molecule has 0 spiro atoms. The molecular weight excluding hydrogens is 342 g/mol. The Hall–Kier alpha value is -2.33. The van der Waals surface area contributed by atoms with Crippen molar-refractivity contribution < 1.29 is 9.32 Å². The van der Waals surface area contributed by atoms with Gasteiger partial charge in [0.25, 0.3) is 0 Å². The molecule has 4 rings (SSSR count). The van der Waals surface area contributed by atoms with Gasteiger partial charge in [0.2, 0.25) is 0 Å². The summed E-state index contributed by atoms with van der Waals surface area (Å²) in [5, 5.41) is 3.89. The molecule has 0 aliphatic heterocycles. The third kappa shape index (κ3) is 3.10. The SMILES string of the molecule is CSc1ccccc1C(C)c1ccccc1C(=O)c1cnoc1C1CC1. The molecule has 3 aromatic rings. The lowest BCUT2D eigenvalue weighted by atomic mass is 9.87. The molecule has 1 saturated carbocycles. The van der Waals surface area contributed by atoms with Gasteiger partial charge in [-0.15, -0.1) is 11.8 Å². The van der Waals surface area contributed by atoms with Gasteiger partial charge in [-0.2, -0.15) is 0 Å². The van der Waals surface area contributed by atoms with Crippen LogP contribution in [-0.4, -0.2) is 17.2 Å². The molecule has 2 aromatic carbocycles. The predicted molar refractivity (Wildman–Crippen MR) is 104 cm³/mol. The summed E-state index contributed by atoms with van der Waals surface area (Å²) < 4.78 is 5.38. The van der Waals surface area contributed by atoms with E-state index >= 15 is 0 Å². The number of hydrogen-bond acceptors (Lipinski definition) is 4. The maximum absolute atomic E-state index is 13.3. The second-order valence-electron chi connectivity index (χ2n) is 6.76. The molecule has 1 atom stereocenters. The topological polar surface area (TPSA) is 43.1 Å². The van der Waals surface area contributed by atoms with E-state index in [2.05, 4.69) is 48.7 Å². The molecule has 1 fully saturated rings. The number of aromatic nitrogens is 1. The van der Waals surface area contributed by atoms with Crippen LogP contribution in [-0.2, 0) is 0 Å². The van der Waals surface area contributed by atoms with E-state index in [1.54, 1.807) is 18.0 Å². The van der Waals surface area contributed by atoms with E-state index in [0.29, 0.717) is 11.5 Å². The number of nitrogens with zero attached hydrogens (tertiary/aromatic N) is 1. The number of benzene rings is 2. The number of thioether (sulfide) groups is 1. The van der Waals surface area contributed by atoms with Crippen molar-refractivity contribution in [1.82, 2.24) is 5.16 Å². The Balaban J connectivity index is 1.75. The van der Waals surface area contributed by atoms with Crippen LogP contribution in [0, 0.1) is 0 Å². The number of rotatable bonds is 6. The fourth-order valence-corrected chi connectivity index (χ4v) is 4.17. The first-order chi connectivity index (χ1) is 12.7. The van der Waals surface area contributed by atoms with Gasteiger partial charge >= 0.3 is 0 Å². The summed E-state index contributed by atoms with van der Waals surface area (Å²) in [6.07, 6.45) is 5.82. The smallest absolute Gasteiger partial charge is 0.198 e. The summed E-state index contributed by atoms with van der Waals surface area (Å²) in [6, 6.07) is 16.3. The molecule has 1 aliphatic rings. The molecule has 0 amide bonds. The normalized spacial score (nSPS) is 15.0. The van der Waals surface area contributed by atoms with E-state index in [0.717, 1.165) is 29.7 Å². The first-order valence-electron chi connectivity index (χ1n) is 8.91. The van der Waals surface area contributed by atoms with Crippen molar-refractivity contribution in [3.05, 3.63) is 82.7 Å². The van der Waals surface area contributed by atoms with Crippen molar-refractivity contribution in [2.24, 2.45) is 0 Å². The second-order valence-corrected chi connectivity index (χ2v) is 7.61. The molecule has 0 radical (unpaired) electrons. The Morgan fingerprint density at radius 1 is 1.08 bits per heavy atom. The summed E-state index contributed by atoms with van der Waals surface area (Å²) in [4.78, 5) is 14.5. The lowest BCUT2D eigenvalue weighted by Crippen LogP contribution is -2.09. The second kappa shape index (κ2) is 7.12. The van der Waals surface area contributed by atoms with Gasteiger partial charge < -0.3 is 4.52 Å². The summed E-state index contributed by atoms with van der Waals surface area (Å²) in [7, 11) is 0. The summed E-state index contributed by atoms with van der Waals surface area (Å²) in [5.41, 5.74) is 3.64. The molecule has 1 aliphatic carbocycles. The van der Waals surface area contributed by atoms with Gasteiger partial charge in [-0.3, -0.25) is 4.79 Å². The Kier molecular flexibility index (Phi) is 4.68. The molecular formula is C22H21NO2S. The Morgan fingerprint density at radius 2 is 1.77 bits per heavy atom. The number of carbonyl (C=O) groups excluding carboxylic acids is 1. The molecule has 0 bridgehead atoms. The molecule has 1 aromatic heterocycles. The summed E-state index contributed by atoms with van der Waals surface area (Å²) in [5.74, 6) is 1.25. The van der Waals surface area contributed by atoms with Crippen LogP contribution in [0.15, 0.2) is 64.1 Å². The maximum Gasteiger partial charge on any atom is 0.198 e. The molecule has 4 heteroatoms. The molecule has 26 heavy (non-hydrogen) atoms. The van der Waals surface area contributed by atoms with Crippen LogP contribution in [0.1, 0.15) is 64.4 Å². The highest BCUT2D eigenvalue weighted by molar-refractivity contribution is 7.98. The minimum absolute atomic E-state index is 0.0113. The van der Waals surface area contributed by atoms with Crippen LogP contribution in [0.2, 0.25) is 0 Å². The van der Waals surface area contributed by atoms with Crippen molar-refractivity contribution in [3.63, 3.8) is 0 Å². The van der Waals surface area contributed by atoms with E-state index in [-0.39, 0.29) is 11.7 Å². The van der Waals surface area contributed by atoms with Crippen molar-refractivity contribution in [2.45, 2.75) is 36.5 Å². The first-order valence-corrected chi connectivity index (χ1v) is 10.1. The monoisotopic (exact) mass is 363 g/mol. The summed E-state index contributed by atoms with van der Waals surface area (Å²) in [6.45, 7) is 2.16. The van der Waals surface area contributed by atoms with Gasteiger partial charge in [-0.25, -0.2) is 0 Å². The van der Waals surface area contributed by atoms with Crippen LogP contribution >= 0.6 is 11.8 Å². The van der Waals surface area contributed by atoms with Crippen molar-refractivity contribution in [1.29, 1.82) is 0 Å². The predicted octanol–water partition coefficient (Wildman–Crippen LogP) is 5.66. The van der Waals surface area contributed by atoms with E-state index in [4.69, 9.17) is 4.52 Å². The average molecular weight is 363 g/mol. The van der Waals surface area contributed by atoms with Crippen LogP contribution in [0.4, 0.5) is 0 Å². The molecule has 0 N–H and O–H groups in total. The molecule has 1 heterocycles. The zero-order valence-corrected chi connectivity index (χ0v) is 15.8. The zero-order valence-electron chi connectivity index (χ0n) is 14.9. The molecule has 3 nitrogen and oxygen atoms in total. The Bertz CT molecular complexity index is 943. The van der Waals surface area contributed by atoms with E-state index in [1.165, 1.54) is 10.5 Å². The van der Waals surface area contributed by atoms with Crippen molar-refractivity contribution >= 4 is 17.5 Å². The number of ketones is 1. The minimum atomic E-state index is 0.0113. The van der Waals surface area contributed by atoms with E-state index in [1.807, 2.05) is 18.2 Å². The maximum atomic E-state index is 13.3. The Labute approximate surface area is 157 Å². The zero-order chi connectivity index (χ0) is 18.1. The van der Waals surface area contributed by atoms with E-state index in [9.17, 15) is 4.79 Å². The molecule has 1 unspecified atom stereocenters. The van der Waals surface area contributed by atoms with Gasteiger partial charge in [-0.1, -0.05) is 54.5 Å². The number of carbonyl (C=O) groups is 1. The molecule has 132 valence electrons. The minimum Gasteiger partial charge on any atom is -0.360 e. The lowest BCUT2D eigenvalue weighted by Gasteiger charge is -2.18. The average Bonchev–Trinajstić information content (AvgIpc) is 3.43. The van der Waals surface area contributed by atoms with Gasteiger partial charge in [-0.05, 0) is 36.3 Å². The van der Waals surface area contributed by atoms with Crippen LogP contribution in [0.25, 0.3) is 0 Å². The van der Waals surface area contributed by atoms with Gasteiger partial charge in [0.1, 0.15) is 0 Å². The lowest BCUT2D eigenvalue weighted by molar-refractivity contribution is 0.103. The van der Waals surface area contributed by atoms with Crippen molar-refractivity contribution in [3.8, 4) is 0 Å². The van der Waals surface area contributed by atoms with Crippen LogP contribution < -0.4 is 0 Å². The highest BCUT2D eigenvalue weighted by atomic mass is 32.2. The van der Waals surface area contributed by atoms with E-state index < -0.39 is 0 Å². The third-order valence-electron chi connectivity index (χ3n) is 5.07. The van der Waals surface area contributed by atoms with Crippen LogP contribution in [0.3, 0.4) is 0 Å². The fraction of sp³-hybridized carbons (Fsp3) is 0.273. The third-order valence-corrected chi connectivity index (χ3v) is 5.88.